The normalized spacial score (nSPS) is 11.6. The lowest BCUT2D eigenvalue weighted by molar-refractivity contribution is 0.628. The van der Waals surface area contributed by atoms with Gasteiger partial charge in [-0.1, -0.05) is 48.5 Å². The van der Waals surface area contributed by atoms with Gasteiger partial charge < -0.3 is 9.13 Å². The van der Waals surface area contributed by atoms with Crippen LogP contribution in [0.25, 0.3) is 104 Å². The Balaban J connectivity index is 1.28. The van der Waals surface area contributed by atoms with Gasteiger partial charge in [0, 0.05) is 32.9 Å². The average molecular weight is 783 g/mol. The molecule has 0 amide bonds. The van der Waals surface area contributed by atoms with E-state index in [-0.39, 0.29) is 0 Å². The van der Waals surface area contributed by atoms with Crippen molar-refractivity contribution in [2.24, 2.45) is 0 Å². The van der Waals surface area contributed by atoms with E-state index in [2.05, 4.69) is 35.2 Å². The van der Waals surface area contributed by atoms with Crippen LogP contribution in [0.5, 0.6) is 0 Å². The van der Waals surface area contributed by atoms with Crippen LogP contribution in [0.4, 0.5) is 23.2 Å². The highest BCUT2D eigenvalue weighted by atomic mass is 19.1. The van der Waals surface area contributed by atoms with Gasteiger partial charge in [-0.15, -0.1) is 0 Å². The highest BCUT2D eigenvalue weighted by molar-refractivity contribution is 6.22. The summed E-state index contributed by atoms with van der Waals surface area (Å²) in [6.45, 7) is 7.64. The van der Waals surface area contributed by atoms with Gasteiger partial charge in [0.15, 0.2) is 5.69 Å². The van der Waals surface area contributed by atoms with E-state index in [9.17, 15) is 22.8 Å². The molecule has 282 valence electrons. The van der Waals surface area contributed by atoms with E-state index in [4.69, 9.17) is 6.57 Å². The minimum atomic E-state index is -0.424. The molecule has 0 aliphatic heterocycles. The molecular formula is C52H26F4N4. The molecule has 11 aromatic rings. The van der Waals surface area contributed by atoms with Crippen molar-refractivity contribution in [2.75, 3.05) is 0 Å². The molecule has 0 aliphatic rings. The van der Waals surface area contributed by atoms with Gasteiger partial charge in [-0.25, -0.2) is 22.4 Å². The molecule has 2 heterocycles. The fourth-order valence-corrected chi connectivity index (χ4v) is 9.01. The number of hydrogen-bond donors (Lipinski definition) is 0. The van der Waals surface area contributed by atoms with Crippen molar-refractivity contribution in [3.63, 3.8) is 0 Å². The fraction of sp³-hybridized carbons (Fsp3) is 0. The molecule has 60 heavy (non-hydrogen) atoms. The first kappa shape index (κ1) is 35.0. The van der Waals surface area contributed by atoms with Crippen LogP contribution in [0.15, 0.2) is 158 Å². The number of rotatable bonds is 4. The molecule has 0 saturated heterocycles. The molecule has 11 rings (SSSR count). The smallest absolute Gasteiger partial charge is 0.187 e. The summed E-state index contributed by atoms with van der Waals surface area (Å²) >= 11 is 0. The number of aromatic nitrogens is 2. The first-order valence-electron chi connectivity index (χ1n) is 19.1. The van der Waals surface area contributed by atoms with Crippen molar-refractivity contribution in [2.45, 2.75) is 0 Å². The average Bonchev–Trinajstić information content (AvgIpc) is 3.76. The summed E-state index contributed by atoms with van der Waals surface area (Å²) in [6.07, 6.45) is 0. The van der Waals surface area contributed by atoms with Gasteiger partial charge in [0.25, 0.3) is 0 Å². The molecule has 0 N–H and O–H groups in total. The Bertz CT molecular complexity index is 3350. The highest BCUT2D eigenvalue weighted by Crippen LogP contribution is 2.47. The van der Waals surface area contributed by atoms with E-state index in [1.165, 1.54) is 48.5 Å². The van der Waals surface area contributed by atoms with E-state index < -0.39 is 23.3 Å². The first-order chi connectivity index (χ1) is 29.3. The second kappa shape index (κ2) is 13.2. The fourth-order valence-electron chi connectivity index (χ4n) is 9.01. The Hall–Kier alpha value is -8.20. The van der Waals surface area contributed by atoms with E-state index in [0.29, 0.717) is 54.9 Å². The molecule has 0 unspecified atom stereocenters. The van der Waals surface area contributed by atoms with Crippen molar-refractivity contribution in [3.05, 3.63) is 198 Å². The lowest BCUT2D eigenvalue weighted by Crippen LogP contribution is -1.98. The second-order valence-corrected chi connectivity index (χ2v) is 14.9. The Morgan fingerprint density at radius 2 is 0.767 bits per heavy atom. The SMILES string of the molecule is [C-]#[N+]c1ccc(-c2c3ccc(-n4c5ccc(F)cc5c5cc(F)ccc54)cc3c(-c3ccc(C#N)cc3)c3ccc(-n4c5ccc(F)cc5c5cc(F)ccc54)cc23)cc1. The molecule has 0 aliphatic carbocycles. The second-order valence-electron chi connectivity index (χ2n) is 14.9. The monoisotopic (exact) mass is 782 g/mol. The van der Waals surface area contributed by atoms with Crippen LogP contribution in [-0.4, -0.2) is 9.13 Å². The Labute approximate surface area is 339 Å². The molecule has 0 atom stereocenters. The van der Waals surface area contributed by atoms with Crippen LogP contribution in [0, 0.1) is 41.2 Å². The van der Waals surface area contributed by atoms with Crippen LogP contribution in [-0.2, 0) is 0 Å². The maximum Gasteiger partial charge on any atom is 0.187 e. The number of halogens is 4. The number of nitrogens with zero attached hydrogens (tertiary/aromatic N) is 4. The summed E-state index contributed by atoms with van der Waals surface area (Å²) in [5, 5.41) is 15.6. The third-order valence-electron chi connectivity index (χ3n) is 11.6. The van der Waals surface area contributed by atoms with Crippen molar-refractivity contribution < 1.29 is 17.6 Å². The van der Waals surface area contributed by atoms with E-state index in [1.54, 1.807) is 48.5 Å². The lowest BCUT2D eigenvalue weighted by atomic mass is 9.85. The van der Waals surface area contributed by atoms with E-state index in [1.807, 2.05) is 45.5 Å². The molecule has 0 bridgehead atoms. The van der Waals surface area contributed by atoms with Crippen molar-refractivity contribution in [3.8, 4) is 39.7 Å². The summed E-state index contributed by atoms with van der Waals surface area (Å²) in [5.74, 6) is -1.69. The van der Waals surface area contributed by atoms with E-state index in [0.717, 1.165) is 55.2 Å². The zero-order valence-electron chi connectivity index (χ0n) is 31.3. The van der Waals surface area contributed by atoms with Gasteiger partial charge in [-0.05, 0) is 153 Å². The minimum Gasteiger partial charge on any atom is -0.309 e. The molecule has 9 aromatic carbocycles. The Morgan fingerprint density at radius 1 is 0.400 bits per heavy atom. The largest absolute Gasteiger partial charge is 0.309 e. The van der Waals surface area contributed by atoms with Crippen molar-refractivity contribution >= 4 is 70.8 Å². The first-order valence-corrected chi connectivity index (χ1v) is 19.1. The van der Waals surface area contributed by atoms with Crippen molar-refractivity contribution in [1.82, 2.24) is 9.13 Å². The standard InChI is InChI=1S/C52H26F4N4/c1-58-36-12-6-31(7-13-36)52-40-17-15-37(59-47-18-8-32(53)22-41(47)42-23-33(54)9-19-48(42)59)26-45(40)51(30-4-2-29(28-57)3-5-30)39-16-14-38(27-46(39)52)60-49-20-10-34(55)24-43(49)44-25-35(56)11-21-50(44)60/h2-27H. The van der Waals surface area contributed by atoms with Gasteiger partial charge in [0.1, 0.15) is 23.3 Å². The maximum absolute atomic E-state index is 14.7. The van der Waals surface area contributed by atoms with Crippen molar-refractivity contribution in [1.29, 1.82) is 5.26 Å². The summed E-state index contributed by atoms with van der Waals surface area (Å²) in [7, 11) is 0. The molecule has 2 aromatic heterocycles. The summed E-state index contributed by atoms with van der Waals surface area (Å²) in [6, 6.07) is 47.5. The Kier molecular flexibility index (Phi) is 7.68. The molecule has 0 saturated carbocycles. The minimum absolute atomic E-state index is 0.424. The molecule has 0 fully saturated rings. The summed E-state index contributed by atoms with van der Waals surface area (Å²) in [5.41, 5.74) is 8.90. The third kappa shape index (κ3) is 5.29. The zero-order valence-corrected chi connectivity index (χ0v) is 31.3. The lowest BCUT2D eigenvalue weighted by Gasteiger charge is -2.20. The zero-order chi connectivity index (χ0) is 40.8. The predicted molar refractivity (Wildman–Crippen MR) is 232 cm³/mol. The molecule has 8 heteroatoms. The van der Waals surface area contributed by atoms with Gasteiger partial charge >= 0.3 is 0 Å². The molecule has 0 spiro atoms. The van der Waals surface area contributed by atoms with E-state index >= 15 is 0 Å². The molecular weight excluding hydrogens is 757 g/mol. The Morgan fingerprint density at radius 3 is 1.12 bits per heavy atom. The van der Waals surface area contributed by atoms with Crippen LogP contribution >= 0.6 is 0 Å². The van der Waals surface area contributed by atoms with Crippen LogP contribution in [0.3, 0.4) is 0 Å². The highest BCUT2D eigenvalue weighted by Gasteiger charge is 2.22. The molecule has 4 nitrogen and oxygen atoms in total. The summed E-state index contributed by atoms with van der Waals surface area (Å²) < 4.78 is 62.9. The quantitative estimate of drug-likeness (QED) is 0.0995. The number of benzene rings is 9. The topological polar surface area (TPSA) is 38.0 Å². The predicted octanol–water partition coefficient (Wildman–Crippen LogP) is 14.5. The summed E-state index contributed by atoms with van der Waals surface area (Å²) in [4.78, 5) is 3.64. The third-order valence-corrected chi connectivity index (χ3v) is 11.6. The maximum atomic E-state index is 14.7. The van der Waals surface area contributed by atoms with Crippen LogP contribution < -0.4 is 0 Å². The molecule has 0 radical (unpaired) electrons. The van der Waals surface area contributed by atoms with Gasteiger partial charge in [0.05, 0.1) is 40.3 Å². The van der Waals surface area contributed by atoms with Crippen LogP contribution in [0.2, 0.25) is 0 Å². The number of fused-ring (bicyclic) bond motifs is 8. The van der Waals surface area contributed by atoms with Crippen LogP contribution in [0.1, 0.15) is 5.56 Å². The van der Waals surface area contributed by atoms with Gasteiger partial charge in [-0.3, -0.25) is 0 Å². The number of hydrogen-bond acceptors (Lipinski definition) is 1. The van der Waals surface area contributed by atoms with Gasteiger partial charge in [0.2, 0.25) is 0 Å². The van der Waals surface area contributed by atoms with Gasteiger partial charge in [-0.2, -0.15) is 5.26 Å². The number of nitriles is 1.